The van der Waals surface area contributed by atoms with Crippen LogP contribution in [0.1, 0.15) is 37.3 Å². The van der Waals surface area contributed by atoms with E-state index in [1.165, 1.54) is 0 Å². The maximum atomic E-state index is 12.2. The van der Waals surface area contributed by atoms with Crippen LogP contribution >= 0.6 is 0 Å². The molecule has 7 heteroatoms. The van der Waals surface area contributed by atoms with Gasteiger partial charge in [0.25, 0.3) is 11.7 Å². The van der Waals surface area contributed by atoms with E-state index in [0.717, 1.165) is 32.5 Å². The summed E-state index contributed by atoms with van der Waals surface area (Å²) in [5.41, 5.74) is 0. The Labute approximate surface area is 106 Å². The number of piperidine rings is 1. The van der Waals surface area contributed by atoms with Crippen molar-refractivity contribution < 1.29 is 4.79 Å². The third kappa shape index (κ3) is 3.04. The van der Waals surface area contributed by atoms with E-state index in [2.05, 4.69) is 25.9 Å². The lowest BCUT2D eigenvalue weighted by atomic mass is 9.97. The van der Waals surface area contributed by atoms with Gasteiger partial charge >= 0.3 is 0 Å². The molecular weight excluding hydrogens is 232 g/mol. The average Bonchev–Trinajstić information content (AvgIpc) is 2.90. The maximum absolute atomic E-state index is 12.2. The molecule has 0 spiro atoms. The Bertz CT molecular complexity index is 371. The molecule has 1 aliphatic rings. The molecule has 2 N–H and O–H groups in total. The van der Waals surface area contributed by atoms with Crippen LogP contribution in [0.25, 0.3) is 0 Å². The largest absolute Gasteiger partial charge is 0.333 e. The van der Waals surface area contributed by atoms with Crippen LogP contribution in [0.3, 0.4) is 0 Å². The highest BCUT2D eigenvalue weighted by Gasteiger charge is 2.26. The van der Waals surface area contributed by atoms with Gasteiger partial charge in [0.2, 0.25) is 0 Å². The van der Waals surface area contributed by atoms with Gasteiger partial charge in [-0.15, -0.1) is 10.2 Å². The molecule has 18 heavy (non-hydrogen) atoms. The van der Waals surface area contributed by atoms with Crippen molar-refractivity contribution in [2.75, 3.05) is 19.6 Å². The number of hydrogen-bond donors (Lipinski definition) is 2. The third-order valence-electron chi connectivity index (χ3n) is 3.33. The zero-order valence-electron chi connectivity index (χ0n) is 10.9. The smallest absolute Gasteiger partial charge is 0.295 e. The number of aromatic nitrogens is 4. The monoisotopic (exact) mass is 252 g/mol. The Hall–Kier alpha value is -1.50. The van der Waals surface area contributed by atoms with Crippen LogP contribution in [0.15, 0.2) is 0 Å². The topological polar surface area (TPSA) is 86.8 Å². The van der Waals surface area contributed by atoms with Crippen molar-refractivity contribution in [1.82, 2.24) is 30.8 Å². The Morgan fingerprint density at radius 3 is 2.72 bits per heavy atom. The number of nitrogens with one attached hydrogen (secondary N) is 2. The summed E-state index contributed by atoms with van der Waals surface area (Å²) in [6.45, 7) is 6.87. The van der Waals surface area contributed by atoms with Crippen molar-refractivity contribution in [2.24, 2.45) is 5.92 Å². The molecule has 100 valence electrons. The molecule has 0 atom stereocenters. The van der Waals surface area contributed by atoms with Gasteiger partial charge in [-0.3, -0.25) is 4.79 Å². The molecule has 1 saturated heterocycles. The first kappa shape index (κ1) is 12.9. The highest BCUT2D eigenvalue weighted by Crippen LogP contribution is 2.16. The van der Waals surface area contributed by atoms with Crippen LogP contribution in [0, 0.1) is 5.92 Å². The van der Waals surface area contributed by atoms with Crippen molar-refractivity contribution >= 4 is 5.91 Å². The lowest BCUT2D eigenvalue weighted by Gasteiger charge is -2.32. The van der Waals surface area contributed by atoms with E-state index >= 15 is 0 Å². The molecule has 0 unspecified atom stereocenters. The summed E-state index contributed by atoms with van der Waals surface area (Å²) in [5.74, 6) is 0.569. The number of tetrazole rings is 1. The fourth-order valence-electron chi connectivity index (χ4n) is 2.25. The van der Waals surface area contributed by atoms with Crippen molar-refractivity contribution in [2.45, 2.75) is 32.7 Å². The van der Waals surface area contributed by atoms with Gasteiger partial charge in [-0.05, 0) is 50.9 Å². The molecule has 0 saturated carbocycles. The van der Waals surface area contributed by atoms with E-state index in [9.17, 15) is 4.79 Å². The summed E-state index contributed by atoms with van der Waals surface area (Å²) >= 11 is 0. The predicted octanol–water partition coefficient (Wildman–Crippen LogP) is 0.0499. The molecule has 1 fully saturated rings. The summed E-state index contributed by atoms with van der Waals surface area (Å²) in [7, 11) is 0. The van der Waals surface area contributed by atoms with Gasteiger partial charge < -0.3 is 10.2 Å². The first-order chi connectivity index (χ1) is 8.68. The van der Waals surface area contributed by atoms with Gasteiger partial charge in [-0.25, -0.2) is 0 Å². The molecule has 0 aromatic carbocycles. The van der Waals surface area contributed by atoms with E-state index in [1.54, 1.807) is 0 Å². The van der Waals surface area contributed by atoms with E-state index in [0.29, 0.717) is 5.92 Å². The molecular formula is C11H20N6O. The van der Waals surface area contributed by atoms with Crippen molar-refractivity contribution in [1.29, 1.82) is 0 Å². The van der Waals surface area contributed by atoms with Gasteiger partial charge in [0.05, 0.1) is 0 Å². The molecule has 1 amide bonds. The molecule has 2 rings (SSSR count). The number of amides is 1. The van der Waals surface area contributed by atoms with Crippen molar-refractivity contribution in [3.8, 4) is 0 Å². The number of H-pyrrole nitrogens is 1. The van der Waals surface area contributed by atoms with E-state index in [1.807, 2.05) is 18.7 Å². The predicted molar refractivity (Wildman–Crippen MR) is 65.9 cm³/mol. The number of carbonyl (C=O) groups excluding carboxylic acids is 1. The van der Waals surface area contributed by atoms with Gasteiger partial charge in [-0.2, -0.15) is 5.21 Å². The molecule has 0 radical (unpaired) electrons. The summed E-state index contributed by atoms with van der Waals surface area (Å²) < 4.78 is 0. The zero-order chi connectivity index (χ0) is 13.0. The molecule has 2 heterocycles. The second-order valence-electron chi connectivity index (χ2n) is 4.98. The van der Waals surface area contributed by atoms with Crippen LogP contribution in [-0.2, 0) is 0 Å². The summed E-state index contributed by atoms with van der Waals surface area (Å²) in [6.07, 6.45) is 2.23. The van der Waals surface area contributed by atoms with Gasteiger partial charge in [0.1, 0.15) is 0 Å². The summed E-state index contributed by atoms with van der Waals surface area (Å²) in [5, 5.41) is 16.6. The number of rotatable bonds is 4. The first-order valence-electron chi connectivity index (χ1n) is 6.43. The Kier molecular flexibility index (Phi) is 4.24. The highest BCUT2D eigenvalue weighted by molar-refractivity contribution is 5.90. The van der Waals surface area contributed by atoms with Gasteiger partial charge in [-0.1, -0.05) is 0 Å². The second kappa shape index (κ2) is 5.90. The Morgan fingerprint density at radius 1 is 1.44 bits per heavy atom. The summed E-state index contributed by atoms with van der Waals surface area (Å²) in [6, 6.07) is 0.144. The molecule has 1 aromatic rings. The Morgan fingerprint density at radius 2 is 2.17 bits per heavy atom. The van der Waals surface area contributed by atoms with Crippen molar-refractivity contribution in [3.05, 3.63) is 5.82 Å². The minimum atomic E-state index is -0.141. The van der Waals surface area contributed by atoms with Crippen LogP contribution in [0.2, 0.25) is 0 Å². The second-order valence-corrected chi connectivity index (χ2v) is 4.98. The quantitative estimate of drug-likeness (QED) is 0.790. The fourth-order valence-corrected chi connectivity index (χ4v) is 2.25. The van der Waals surface area contributed by atoms with Crippen LogP contribution < -0.4 is 5.32 Å². The molecule has 0 bridgehead atoms. The fraction of sp³-hybridized carbons (Fsp3) is 0.818. The van der Waals surface area contributed by atoms with E-state index in [4.69, 9.17) is 0 Å². The molecule has 0 aliphatic carbocycles. The van der Waals surface area contributed by atoms with Crippen LogP contribution in [-0.4, -0.2) is 57.1 Å². The van der Waals surface area contributed by atoms with Crippen LogP contribution in [0.5, 0.6) is 0 Å². The minimum absolute atomic E-state index is 0.141. The number of carbonyl (C=O) groups is 1. The molecule has 1 aromatic heterocycles. The van der Waals surface area contributed by atoms with Crippen molar-refractivity contribution in [3.63, 3.8) is 0 Å². The maximum Gasteiger partial charge on any atom is 0.295 e. The SMILES string of the molecule is CC(C)N(CC1CCNCC1)C(=O)c1nn[nH]n1. The number of nitrogens with zero attached hydrogens (tertiary/aromatic N) is 4. The third-order valence-corrected chi connectivity index (χ3v) is 3.33. The zero-order valence-corrected chi connectivity index (χ0v) is 10.9. The lowest BCUT2D eigenvalue weighted by Crippen LogP contribution is -2.43. The van der Waals surface area contributed by atoms with E-state index in [-0.39, 0.29) is 17.8 Å². The highest BCUT2D eigenvalue weighted by atomic mass is 16.2. The average molecular weight is 252 g/mol. The molecule has 7 nitrogen and oxygen atoms in total. The Balaban J connectivity index is 2.01. The minimum Gasteiger partial charge on any atom is -0.333 e. The number of aromatic amines is 1. The van der Waals surface area contributed by atoms with Crippen LogP contribution in [0.4, 0.5) is 0 Å². The normalized spacial score (nSPS) is 17.1. The number of hydrogen-bond acceptors (Lipinski definition) is 5. The lowest BCUT2D eigenvalue weighted by molar-refractivity contribution is 0.0645. The van der Waals surface area contributed by atoms with Gasteiger partial charge in [0, 0.05) is 12.6 Å². The van der Waals surface area contributed by atoms with E-state index < -0.39 is 0 Å². The summed E-state index contributed by atoms with van der Waals surface area (Å²) in [4.78, 5) is 14.1. The standard InChI is InChI=1S/C11H20N6O/c1-8(2)17(7-9-3-5-12-6-4-9)11(18)10-13-15-16-14-10/h8-9,12H,3-7H2,1-2H3,(H,13,14,15,16). The van der Waals surface area contributed by atoms with Gasteiger partial charge in [0.15, 0.2) is 0 Å². The molecule has 1 aliphatic heterocycles. The first-order valence-corrected chi connectivity index (χ1v) is 6.43.